The number of nitrogens with zero attached hydrogens (tertiary/aromatic N) is 2. The van der Waals surface area contributed by atoms with E-state index >= 15 is 0 Å². The van der Waals surface area contributed by atoms with E-state index in [1.807, 2.05) is 23.5 Å². The van der Waals surface area contributed by atoms with Crippen molar-refractivity contribution in [1.29, 1.82) is 0 Å². The fourth-order valence-electron chi connectivity index (χ4n) is 7.75. The summed E-state index contributed by atoms with van der Waals surface area (Å²) < 4.78 is 8.86. The summed E-state index contributed by atoms with van der Waals surface area (Å²) in [7, 11) is 0. The van der Waals surface area contributed by atoms with Crippen LogP contribution in [0.1, 0.15) is 36.5 Å². The smallest absolute Gasteiger partial charge is 0.160 e. The summed E-state index contributed by atoms with van der Waals surface area (Å²) in [6, 6.07) is 53.7. The predicted molar refractivity (Wildman–Crippen MR) is 217 cm³/mol. The summed E-state index contributed by atoms with van der Waals surface area (Å²) >= 11 is 1.85. The molecule has 1 aliphatic rings. The molecule has 242 valence electrons. The molecule has 3 nitrogen and oxygen atoms in total. The van der Waals surface area contributed by atoms with Gasteiger partial charge in [-0.15, -0.1) is 11.3 Å². The van der Waals surface area contributed by atoms with Crippen LogP contribution in [0.4, 0.5) is 0 Å². The molecule has 0 aliphatic carbocycles. The maximum Gasteiger partial charge on any atom is 0.160 e. The van der Waals surface area contributed by atoms with Crippen LogP contribution in [0.2, 0.25) is 0 Å². The fourth-order valence-corrected chi connectivity index (χ4v) is 8.96. The molecule has 7 aromatic carbocycles. The van der Waals surface area contributed by atoms with Crippen LogP contribution in [0.15, 0.2) is 172 Å². The highest BCUT2D eigenvalue weighted by Gasteiger charge is 2.21. The number of hydrogen-bond acceptors (Lipinski definition) is 4. The van der Waals surface area contributed by atoms with Crippen molar-refractivity contribution in [3.63, 3.8) is 0 Å². The first-order valence-electron chi connectivity index (χ1n) is 17.5. The number of rotatable bonds is 4. The first-order chi connectivity index (χ1) is 25.2. The van der Waals surface area contributed by atoms with Gasteiger partial charge < -0.3 is 4.42 Å². The summed E-state index contributed by atoms with van der Waals surface area (Å²) in [5.41, 5.74) is 10.8. The minimum absolute atomic E-state index is 0.732. The largest absolute Gasteiger partial charge is 0.456 e. The van der Waals surface area contributed by atoms with Crippen LogP contribution in [0.25, 0.3) is 69.7 Å². The first-order valence-corrected chi connectivity index (χ1v) is 18.3. The van der Waals surface area contributed by atoms with E-state index in [0.29, 0.717) is 0 Å². The van der Waals surface area contributed by atoms with Crippen LogP contribution >= 0.6 is 11.3 Å². The maximum absolute atomic E-state index is 6.30. The minimum atomic E-state index is 0.732. The quantitative estimate of drug-likeness (QED) is 0.183. The lowest BCUT2D eigenvalue weighted by molar-refractivity contribution is 0.669. The molecule has 0 spiro atoms. The second-order valence-electron chi connectivity index (χ2n) is 13.3. The van der Waals surface area contributed by atoms with E-state index in [1.54, 1.807) is 0 Å². The number of amidine groups is 1. The van der Waals surface area contributed by atoms with E-state index in [1.165, 1.54) is 31.3 Å². The van der Waals surface area contributed by atoms with Gasteiger partial charge in [0, 0.05) is 42.1 Å². The Morgan fingerprint density at radius 3 is 2.00 bits per heavy atom. The number of aliphatic imine (C=N–C) groups is 2. The molecule has 0 amide bonds. The monoisotopic (exact) mass is 672 g/mol. The zero-order valence-electron chi connectivity index (χ0n) is 28.1. The zero-order valence-corrected chi connectivity index (χ0v) is 28.9. The number of fused-ring (bicyclic) bond motifs is 7. The highest BCUT2D eigenvalue weighted by Crippen LogP contribution is 2.42. The van der Waals surface area contributed by atoms with Crippen molar-refractivity contribution in [2.24, 2.45) is 9.98 Å². The van der Waals surface area contributed by atoms with Crippen molar-refractivity contribution in [2.45, 2.75) is 19.8 Å². The fraction of sp³-hybridized carbons (Fsp3) is 0.0638. The number of thiophene rings is 1. The molecule has 51 heavy (non-hydrogen) atoms. The standard InChI is InChI=1S/C47H32N2OS/c1-29-25-28-40(30-13-3-2-4-14-30)48-47(49-45(29)39-21-11-20-36-34-17-8-10-24-43(34)51-46(36)39)37-27-26-33(31-15-5-6-16-32(31)37)35-19-12-23-42-44(35)38-18-7-9-22-41(38)50-42/h2-24,26-27H,25,28H2,1H3/b45-29-,48-40+,49-47-. The molecule has 3 heterocycles. The van der Waals surface area contributed by atoms with E-state index in [9.17, 15) is 0 Å². The van der Waals surface area contributed by atoms with Crippen LogP contribution in [-0.2, 0) is 0 Å². The van der Waals surface area contributed by atoms with Crippen molar-refractivity contribution in [2.75, 3.05) is 0 Å². The summed E-state index contributed by atoms with van der Waals surface area (Å²) in [5.74, 6) is 0.732. The summed E-state index contributed by atoms with van der Waals surface area (Å²) in [5, 5.41) is 7.10. The van der Waals surface area contributed by atoms with Crippen LogP contribution < -0.4 is 0 Å². The van der Waals surface area contributed by atoms with Crippen LogP contribution in [-0.4, -0.2) is 11.5 Å². The van der Waals surface area contributed by atoms with E-state index in [0.717, 1.165) is 85.1 Å². The van der Waals surface area contributed by atoms with E-state index in [2.05, 4.69) is 146 Å². The Kier molecular flexibility index (Phi) is 7.03. The van der Waals surface area contributed by atoms with Gasteiger partial charge >= 0.3 is 0 Å². The third-order valence-electron chi connectivity index (χ3n) is 10.2. The van der Waals surface area contributed by atoms with Gasteiger partial charge in [0.2, 0.25) is 0 Å². The van der Waals surface area contributed by atoms with Gasteiger partial charge in [0.05, 0.1) is 11.4 Å². The van der Waals surface area contributed by atoms with Gasteiger partial charge in [-0.1, -0.05) is 127 Å². The van der Waals surface area contributed by atoms with E-state index in [-0.39, 0.29) is 0 Å². The Balaban J connectivity index is 1.22. The third-order valence-corrected chi connectivity index (χ3v) is 11.4. The molecule has 0 unspecified atom stereocenters. The molecule has 0 radical (unpaired) electrons. The van der Waals surface area contributed by atoms with Crippen LogP contribution in [0.5, 0.6) is 0 Å². The summed E-state index contributed by atoms with van der Waals surface area (Å²) in [6.45, 7) is 2.24. The number of hydrogen-bond donors (Lipinski definition) is 0. The van der Waals surface area contributed by atoms with Crippen LogP contribution in [0.3, 0.4) is 0 Å². The van der Waals surface area contributed by atoms with Crippen molar-refractivity contribution in [3.05, 3.63) is 174 Å². The topological polar surface area (TPSA) is 37.9 Å². The number of para-hydroxylation sites is 1. The molecular weight excluding hydrogens is 641 g/mol. The number of benzene rings is 7. The predicted octanol–water partition coefficient (Wildman–Crippen LogP) is 13.2. The van der Waals surface area contributed by atoms with E-state index < -0.39 is 0 Å². The highest BCUT2D eigenvalue weighted by molar-refractivity contribution is 7.26. The van der Waals surface area contributed by atoms with Gasteiger partial charge in [0.15, 0.2) is 5.84 Å². The highest BCUT2D eigenvalue weighted by atomic mass is 32.1. The molecule has 10 rings (SSSR count). The average Bonchev–Trinajstić information content (AvgIpc) is 3.76. The lowest BCUT2D eigenvalue weighted by Crippen LogP contribution is -2.11. The summed E-state index contributed by atoms with van der Waals surface area (Å²) in [4.78, 5) is 11.1. The SMILES string of the molecule is C/C1=C(c2cccc3c2sc2ccccc23)/N=C(c2ccc(-c3cccc4oc5ccccc5c34)c3ccccc23)\N=C(\c2ccccc2)CC1. The Hall–Kier alpha value is -6.10. The van der Waals surface area contributed by atoms with Gasteiger partial charge in [-0.2, -0.15) is 0 Å². The molecule has 0 N–H and O–H groups in total. The zero-order chi connectivity index (χ0) is 33.9. The first kappa shape index (κ1) is 29.8. The molecule has 4 heteroatoms. The Labute approximate surface area is 299 Å². The van der Waals surface area contributed by atoms with Gasteiger partial charge in [-0.05, 0) is 77.1 Å². The van der Waals surface area contributed by atoms with Gasteiger partial charge in [0.1, 0.15) is 11.2 Å². The molecule has 1 aliphatic heterocycles. The van der Waals surface area contributed by atoms with Gasteiger partial charge in [-0.25, -0.2) is 9.98 Å². The van der Waals surface area contributed by atoms with Crippen molar-refractivity contribution in [1.82, 2.24) is 0 Å². The number of furan rings is 1. The van der Waals surface area contributed by atoms with Gasteiger partial charge in [-0.3, -0.25) is 0 Å². The molecular formula is C47H32N2OS. The second-order valence-corrected chi connectivity index (χ2v) is 14.3. The van der Waals surface area contributed by atoms with Crippen molar-refractivity contribution < 1.29 is 4.42 Å². The molecule has 0 saturated heterocycles. The molecule has 0 atom stereocenters. The molecule has 0 saturated carbocycles. The minimum Gasteiger partial charge on any atom is -0.456 e. The summed E-state index contributed by atoms with van der Waals surface area (Å²) in [6.07, 6.45) is 1.70. The second kappa shape index (κ2) is 12.0. The van der Waals surface area contributed by atoms with Gasteiger partial charge in [0.25, 0.3) is 0 Å². The lowest BCUT2D eigenvalue weighted by atomic mass is 9.91. The van der Waals surface area contributed by atoms with E-state index in [4.69, 9.17) is 14.4 Å². The lowest BCUT2D eigenvalue weighted by Gasteiger charge is -2.18. The normalized spacial score (nSPS) is 17.4. The molecule has 2 aromatic heterocycles. The molecule has 0 bridgehead atoms. The van der Waals surface area contributed by atoms with Crippen LogP contribution in [0, 0.1) is 0 Å². The molecule has 0 fully saturated rings. The third kappa shape index (κ3) is 4.94. The Morgan fingerprint density at radius 2 is 1.14 bits per heavy atom. The maximum atomic E-state index is 6.30. The Bertz CT molecular complexity index is 2920. The average molecular weight is 673 g/mol. The van der Waals surface area contributed by atoms with Crippen molar-refractivity contribution in [3.8, 4) is 11.1 Å². The molecule has 9 aromatic rings. The number of allylic oxidation sites excluding steroid dienone is 1. The Morgan fingerprint density at radius 1 is 0.490 bits per heavy atom. The van der Waals surface area contributed by atoms with Crippen molar-refractivity contribution >= 4 is 81.5 Å².